The van der Waals surface area contributed by atoms with Gasteiger partial charge in [-0.1, -0.05) is 29.8 Å². The van der Waals surface area contributed by atoms with E-state index in [1.54, 1.807) is 14.0 Å². The zero-order valence-electron chi connectivity index (χ0n) is 16.2. The fraction of sp³-hybridized carbons (Fsp3) is 0.500. The second kappa shape index (κ2) is 8.54. The monoisotopic (exact) mass is 373 g/mol. The van der Waals surface area contributed by atoms with Crippen LogP contribution in [0.1, 0.15) is 24.1 Å². The van der Waals surface area contributed by atoms with Crippen LogP contribution in [0.5, 0.6) is 0 Å². The van der Waals surface area contributed by atoms with Crippen molar-refractivity contribution in [1.82, 2.24) is 15.1 Å². The lowest BCUT2D eigenvalue weighted by molar-refractivity contribution is -0.139. The molecule has 2 aliphatic rings. The Morgan fingerprint density at radius 3 is 2.56 bits per heavy atom. The van der Waals surface area contributed by atoms with Gasteiger partial charge < -0.3 is 14.8 Å². The topological polar surface area (TPSA) is 71.1 Å². The molecule has 0 saturated carbocycles. The third-order valence-electron chi connectivity index (χ3n) is 4.96. The van der Waals surface area contributed by atoms with Crippen LogP contribution in [-0.2, 0) is 14.3 Å². The second-order valence-electron chi connectivity index (χ2n) is 6.82. The number of hydrogen-bond acceptors (Lipinski definition) is 5. The molecule has 1 aromatic carbocycles. The SMILES string of the molecule is CCOC(=O)C1=C(CN2CCOCC2)N(C)C(=O)N[C@@H]1c1ccc(C)cc1. The van der Waals surface area contributed by atoms with Crippen molar-refractivity contribution >= 4 is 12.0 Å². The van der Waals surface area contributed by atoms with Gasteiger partial charge in [0.05, 0.1) is 31.4 Å². The highest BCUT2D eigenvalue weighted by atomic mass is 16.5. The maximum Gasteiger partial charge on any atom is 0.338 e. The average Bonchev–Trinajstić information content (AvgIpc) is 2.67. The summed E-state index contributed by atoms with van der Waals surface area (Å²) in [6.07, 6.45) is 0. The van der Waals surface area contributed by atoms with Crippen LogP contribution in [-0.4, -0.2) is 68.3 Å². The Kier molecular flexibility index (Phi) is 6.13. The Labute approximate surface area is 159 Å². The fourth-order valence-electron chi connectivity index (χ4n) is 3.38. The summed E-state index contributed by atoms with van der Waals surface area (Å²) in [7, 11) is 1.69. The van der Waals surface area contributed by atoms with E-state index >= 15 is 0 Å². The van der Waals surface area contributed by atoms with E-state index in [-0.39, 0.29) is 12.6 Å². The van der Waals surface area contributed by atoms with Gasteiger partial charge in [-0.25, -0.2) is 9.59 Å². The van der Waals surface area contributed by atoms with Crippen molar-refractivity contribution in [2.45, 2.75) is 19.9 Å². The van der Waals surface area contributed by atoms with E-state index in [4.69, 9.17) is 9.47 Å². The van der Waals surface area contributed by atoms with Crippen molar-refractivity contribution in [3.63, 3.8) is 0 Å². The first kappa shape index (κ1) is 19.4. The molecule has 3 rings (SSSR count). The fourth-order valence-corrected chi connectivity index (χ4v) is 3.38. The Bertz CT molecular complexity index is 723. The summed E-state index contributed by atoms with van der Waals surface area (Å²) < 4.78 is 10.8. The highest BCUT2D eigenvalue weighted by Crippen LogP contribution is 2.31. The number of amides is 2. The third kappa shape index (κ3) is 4.31. The van der Waals surface area contributed by atoms with Crippen molar-refractivity contribution in [3.05, 3.63) is 46.7 Å². The van der Waals surface area contributed by atoms with E-state index in [0.717, 1.165) is 24.2 Å². The van der Waals surface area contributed by atoms with E-state index in [1.165, 1.54) is 4.90 Å². The summed E-state index contributed by atoms with van der Waals surface area (Å²) in [5, 5.41) is 2.94. The normalized spacial score (nSPS) is 21.2. The van der Waals surface area contributed by atoms with Gasteiger partial charge in [-0.2, -0.15) is 0 Å². The number of rotatable bonds is 5. The van der Waals surface area contributed by atoms with Crippen LogP contribution in [0.2, 0.25) is 0 Å². The first-order valence-corrected chi connectivity index (χ1v) is 9.32. The summed E-state index contributed by atoms with van der Waals surface area (Å²) in [4.78, 5) is 29.2. The van der Waals surface area contributed by atoms with Crippen LogP contribution in [0.25, 0.3) is 0 Å². The number of nitrogens with one attached hydrogen (secondary N) is 1. The molecule has 7 heteroatoms. The van der Waals surface area contributed by atoms with Crippen molar-refractivity contribution in [1.29, 1.82) is 0 Å². The van der Waals surface area contributed by atoms with Gasteiger partial charge >= 0.3 is 12.0 Å². The van der Waals surface area contributed by atoms with Crippen LogP contribution >= 0.6 is 0 Å². The zero-order chi connectivity index (χ0) is 19.4. The van der Waals surface area contributed by atoms with Gasteiger partial charge in [0, 0.05) is 32.4 Å². The molecule has 146 valence electrons. The molecule has 0 aliphatic carbocycles. The van der Waals surface area contributed by atoms with Crippen LogP contribution in [0.4, 0.5) is 4.79 Å². The number of urea groups is 1. The molecule has 2 heterocycles. The molecule has 0 bridgehead atoms. The van der Waals surface area contributed by atoms with E-state index in [1.807, 2.05) is 31.2 Å². The molecule has 2 aliphatic heterocycles. The van der Waals surface area contributed by atoms with Gasteiger partial charge in [0.1, 0.15) is 0 Å². The highest BCUT2D eigenvalue weighted by Gasteiger charge is 2.37. The largest absolute Gasteiger partial charge is 0.463 e. The maximum atomic E-state index is 12.9. The minimum absolute atomic E-state index is 0.225. The van der Waals surface area contributed by atoms with Gasteiger partial charge in [-0.05, 0) is 19.4 Å². The minimum atomic E-state index is -0.524. The van der Waals surface area contributed by atoms with E-state index < -0.39 is 12.0 Å². The number of carbonyl (C=O) groups excluding carboxylic acids is 2. The lowest BCUT2D eigenvalue weighted by atomic mass is 9.93. The molecule has 1 saturated heterocycles. The lowest BCUT2D eigenvalue weighted by Gasteiger charge is -2.37. The highest BCUT2D eigenvalue weighted by molar-refractivity contribution is 5.95. The van der Waals surface area contributed by atoms with Gasteiger partial charge in [-0.3, -0.25) is 9.80 Å². The minimum Gasteiger partial charge on any atom is -0.463 e. The van der Waals surface area contributed by atoms with Crippen LogP contribution < -0.4 is 5.32 Å². The Morgan fingerprint density at radius 1 is 1.26 bits per heavy atom. The van der Waals surface area contributed by atoms with Crippen molar-refractivity contribution in [2.75, 3.05) is 46.5 Å². The van der Waals surface area contributed by atoms with E-state index in [0.29, 0.717) is 31.0 Å². The predicted molar refractivity (Wildman–Crippen MR) is 101 cm³/mol. The number of ether oxygens (including phenoxy) is 2. The van der Waals surface area contributed by atoms with Gasteiger partial charge in [0.15, 0.2) is 0 Å². The standard InChI is InChI=1S/C20H27N3O4/c1-4-27-19(24)17-16(13-23-9-11-26-12-10-23)22(3)20(25)21-18(17)15-7-5-14(2)6-8-15/h5-8,18H,4,9-13H2,1-3H3,(H,21,25)/t18-/m1/s1. The molecule has 1 atom stereocenters. The van der Waals surface area contributed by atoms with Crippen LogP contribution in [0.3, 0.4) is 0 Å². The van der Waals surface area contributed by atoms with Gasteiger partial charge in [-0.15, -0.1) is 0 Å². The number of nitrogens with zero attached hydrogens (tertiary/aromatic N) is 2. The van der Waals surface area contributed by atoms with Crippen LogP contribution in [0.15, 0.2) is 35.5 Å². The van der Waals surface area contributed by atoms with Crippen molar-refractivity contribution < 1.29 is 19.1 Å². The maximum absolute atomic E-state index is 12.9. The zero-order valence-corrected chi connectivity index (χ0v) is 16.2. The average molecular weight is 373 g/mol. The third-order valence-corrected chi connectivity index (χ3v) is 4.96. The Hall–Kier alpha value is -2.38. The lowest BCUT2D eigenvalue weighted by Crippen LogP contribution is -2.50. The van der Waals surface area contributed by atoms with Crippen LogP contribution in [0, 0.1) is 6.92 Å². The number of hydrogen-bond donors (Lipinski definition) is 1. The summed E-state index contributed by atoms with van der Waals surface area (Å²) in [6, 6.07) is 7.09. The van der Waals surface area contributed by atoms with Gasteiger partial charge in [0.25, 0.3) is 0 Å². The molecule has 1 aromatic rings. The number of aryl methyl sites for hydroxylation is 1. The van der Waals surface area contributed by atoms with Crippen molar-refractivity contribution in [2.24, 2.45) is 0 Å². The molecule has 2 amide bonds. The molecule has 0 unspecified atom stereocenters. The molecule has 1 fully saturated rings. The van der Waals surface area contributed by atoms with E-state index in [9.17, 15) is 9.59 Å². The Morgan fingerprint density at radius 2 is 1.93 bits per heavy atom. The summed E-state index contributed by atoms with van der Waals surface area (Å²) in [5.41, 5.74) is 3.16. The molecular weight excluding hydrogens is 346 g/mol. The van der Waals surface area contributed by atoms with Gasteiger partial charge in [0.2, 0.25) is 0 Å². The summed E-state index contributed by atoms with van der Waals surface area (Å²) in [5.74, 6) is -0.391. The number of benzene rings is 1. The number of carbonyl (C=O) groups is 2. The molecule has 27 heavy (non-hydrogen) atoms. The predicted octanol–water partition coefficient (Wildman–Crippen LogP) is 1.84. The number of likely N-dealkylation sites (N-methyl/N-ethyl adjacent to an activating group) is 1. The van der Waals surface area contributed by atoms with E-state index in [2.05, 4.69) is 10.2 Å². The molecule has 0 spiro atoms. The first-order valence-electron chi connectivity index (χ1n) is 9.32. The summed E-state index contributed by atoms with van der Waals surface area (Å²) in [6.45, 7) is 7.41. The summed E-state index contributed by atoms with van der Waals surface area (Å²) >= 11 is 0. The quantitative estimate of drug-likeness (QED) is 0.798. The number of morpholine rings is 1. The molecule has 1 N–H and O–H groups in total. The second-order valence-corrected chi connectivity index (χ2v) is 6.82. The van der Waals surface area contributed by atoms with Crippen molar-refractivity contribution in [3.8, 4) is 0 Å². The molecule has 0 radical (unpaired) electrons. The number of esters is 1. The smallest absolute Gasteiger partial charge is 0.338 e. The Balaban J connectivity index is 2.03. The molecule has 0 aromatic heterocycles. The molecular formula is C20H27N3O4. The molecule has 7 nitrogen and oxygen atoms in total. The first-order chi connectivity index (χ1) is 13.0.